The minimum atomic E-state index is -5.20. The molecule has 427 valence electrons. The molecule has 0 aliphatic rings. The molecule has 0 heterocycles. The standard InChI is InChI=1S/2C34H23OP.C5H5F6O2.Eu/c2*35-36(25-12-3-1-4-13-25,26-14-5-2-6-15-26)34-23-33-30-20-19-24-11-7-8-16-27(24)29(30)21-22-31(33)28-17-9-10-18-32(28)34;6-4(7,8)2(12)1-3(13)5(9,10)11;/h2*1-23H;1-3,12-13H;/q;;-1;. The van der Waals surface area contributed by atoms with Crippen molar-refractivity contribution in [3.63, 3.8) is 0 Å². The maximum Gasteiger partial charge on any atom is 0.387 e. The summed E-state index contributed by atoms with van der Waals surface area (Å²) < 4.78 is 99.5. The molecule has 14 aromatic carbocycles. The van der Waals surface area contributed by atoms with Crippen LogP contribution in [0.25, 0.3) is 86.2 Å². The van der Waals surface area contributed by atoms with Gasteiger partial charge in [-0.05, 0) is 98.3 Å². The van der Waals surface area contributed by atoms with Crippen LogP contribution in [0.5, 0.6) is 0 Å². The van der Waals surface area contributed by atoms with Crippen molar-refractivity contribution in [1.82, 2.24) is 0 Å². The van der Waals surface area contributed by atoms with E-state index in [1.807, 2.05) is 133 Å². The predicted octanol–water partition coefficient (Wildman–Crippen LogP) is 16.9. The molecule has 0 aliphatic heterocycles. The fraction of sp³-hybridized carbons (Fsp3) is 0.0548. The molecule has 86 heavy (non-hydrogen) atoms. The van der Waals surface area contributed by atoms with Crippen LogP contribution in [-0.4, -0.2) is 34.8 Å². The Hall–Kier alpha value is -7.30. The fourth-order valence-corrected chi connectivity index (χ4v) is 17.4. The average Bonchev–Trinajstić information content (AvgIpc) is 0.758. The summed E-state index contributed by atoms with van der Waals surface area (Å²) in [6, 6.07) is 95.8. The summed E-state index contributed by atoms with van der Waals surface area (Å²) in [7, 11) is -6.30. The van der Waals surface area contributed by atoms with Gasteiger partial charge < -0.3 is 19.3 Å². The first-order valence-corrected chi connectivity index (χ1v) is 30.8. The van der Waals surface area contributed by atoms with E-state index in [0.717, 1.165) is 64.1 Å². The van der Waals surface area contributed by atoms with Crippen LogP contribution in [0.15, 0.2) is 279 Å². The molecule has 0 aromatic heterocycles. The molecular formula is C73H51EuF6O4P2-. The summed E-state index contributed by atoms with van der Waals surface area (Å²) in [5.74, 6) is 0. The van der Waals surface area contributed by atoms with Crippen molar-refractivity contribution in [2.24, 2.45) is 0 Å². The molecule has 0 saturated heterocycles. The van der Waals surface area contributed by atoms with Gasteiger partial charge in [-0.1, -0.05) is 267 Å². The number of hydrogen-bond acceptors (Lipinski definition) is 4. The zero-order valence-corrected chi connectivity index (χ0v) is 49.8. The molecule has 1 radical (unpaired) electrons. The molecule has 0 spiro atoms. The van der Waals surface area contributed by atoms with Crippen LogP contribution in [0.1, 0.15) is 0 Å². The van der Waals surface area contributed by atoms with E-state index >= 15 is 9.13 Å². The molecular weight excluding hydrogens is 1270 g/mol. The average molecular weight is 1320 g/mol. The first kappa shape index (κ1) is 60.4. The largest absolute Gasteiger partial charge is 0.416 e. The molecule has 0 aliphatic carbocycles. The molecule has 2 atom stereocenters. The second-order valence-corrected chi connectivity index (χ2v) is 26.2. The summed E-state index contributed by atoms with van der Waals surface area (Å²) in [5, 5.41) is 40.1. The third-order valence-corrected chi connectivity index (χ3v) is 21.9. The first-order chi connectivity index (χ1) is 41.0. The van der Waals surface area contributed by atoms with Crippen molar-refractivity contribution >= 4 is 132 Å². The summed E-state index contributed by atoms with van der Waals surface area (Å²) in [4.78, 5) is 0. The topological polar surface area (TPSA) is 74.6 Å². The Bertz CT molecular complexity index is 4500. The van der Waals surface area contributed by atoms with E-state index in [1.54, 1.807) is 0 Å². The van der Waals surface area contributed by atoms with Crippen LogP contribution in [0.3, 0.4) is 0 Å². The van der Waals surface area contributed by atoms with E-state index in [2.05, 4.69) is 146 Å². The second kappa shape index (κ2) is 24.8. The van der Waals surface area contributed by atoms with E-state index in [0.29, 0.717) is 0 Å². The van der Waals surface area contributed by atoms with Gasteiger partial charge in [0, 0.05) is 93.4 Å². The summed E-state index contributed by atoms with van der Waals surface area (Å²) in [6.45, 7) is 0. The van der Waals surface area contributed by atoms with Gasteiger partial charge in [0.2, 0.25) is 0 Å². The van der Waals surface area contributed by atoms with Crippen LogP contribution in [0.2, 0.25) is 0 Å². The number of hydrogen-bond donors (Lipinski definition) is 2. The van der Waals surface area contributed by atoms with Gasteiger partial charge in [-0.25, -0.2) is 0 Å². The van der Waals surface area contributed by atoms with Crippen molar-refractivity contribution < 1.29 is 95.1 Å². The Balaban J connectivity index is 0.000000148. The molecule has 0 amide bonds. The van der Waals surface area contributed by atoms with Crippen molar-refractivity contribution in [2.75, 3.05) is 0 Å². The zero-order valence-electron chi connectivity index (χ0n) is 45.5. The van der Waals surface area contributed by atoms with E-state index in [-0.39, 0.29) is 49.4 Å². The maximum atomic E-state index is 15.4. The molecule has 0 saturated carbocycles. The number of halogens is 6. The predicted molar refractivity (Wildman–Crippen MR) is 340 cm³/mol. The van der Waals surface area contributed by atoms with Crippen LogP contribution >= 0.6 is 14.3 Å². The quantitative estimate of drug-likeness (QED) is 0.0688. The Morgan fingerprint density at radius 1 is 0.279 bits per heavy atom. The number of rotatable bonds is 8. The third kappa shape index (κ3) is 11.4. The van der Waals surface area contributed by atoms with Gasteiger partial charge in [0.1, 0.15) is 0 Å². The Morgan fingerprint density at radius 3 is 0.791 bits per heavy atom. The van der Waals surface area contributed by atoms with Crippen LogP contribution < -0.4 is 31.8 Å². The van der Waals surface area contributed by atoms with Crippen molar-refractivity contribution in [3.8, 4) is 0 Å². The Kier molecular flexibility index (Phi) is 17.4. The van der Waals surface area contributed by atoms with Gasteiger partial charge in [-0.15, -0.1) is 0 Å². The number of alkyl halides is 6. The summed E-state index contributed by atoms with van der Waals surface area (Å²) >= 11 is 0. The minimum absolute atomic E-state index is 0. The smallest absolute Gasteiger partial charge is 0.387 e. The Labute approximate surface area is 532 Å². The fourth-order valence-electron chi connectivity index (χ4n) is 11.6. The molecule has 2 unspecified atom stereocenters. The Morgan fingerprint density at radius 2 is 0.500 bits per heavy atom. The molecule has 4 nitrogen and oxygen atoms in total. The molecule has 0 fully saturated rings. The van der Waals surface area contributed by atoms with Gasteiger partial charge >= 0.3 is 12.4 Å². The molecule has 14 aromatic rings. The van der Waals surface area contributed by atoms with Crippen molar-refractivity contribution in [3.05, 3.63) is 285 Å². The summed E-state index contributed by atoms with van der Waals surface area (Å²) in [6.07, 6.45) is -17.6. The number of benzene rings is 14. The van der Waals surface area contributed by atoms with Crippen LogP contribution in [0.4, 0.5) is 26.3 Å². The zero-order chi connectivity index (χ0) is 59.1. The maximum absolute atomic E-state index is 15.4. The van der Waals surface area contributed by atoms with E-state index in [4.69, 9.17) is 10.2 Å². The van der Waals surface area contributed by atoms with Crippen molar-refractivity contribution in [1.29, 1.82) is 0 Å². The molecule has 2 N–H and O–H groups in total. The van der Waals surface area contributed by atoms with Gasteiger partial charge in [0.05, 0.1) is 0 Å². The second-order valence-electron chi connectivity index (χ2n) is 20.7. The number of aliphatic hydroxyl groups excluding tert-OH is 2. The normalized spacial score (nSPS) is 12.8. The monoisotopic (exact) mass is 1320 g/mol. The summed E-state index contributed by atoms with van der Waals surface area (Å²) in [5.41, 5.74) is 0. The molecule has 14 rings (SSSR count). The van der Waals surface area contributed by atoms with Crippen molar-refractivity contribution in [2.45, 2.75) is 24.6 Å². The number of aliphatic hydroxyl groups is 2. The SMILES string of the molecule is O=P(c1ccccc1)(c1ccccc1)c1cc2c(ccc3c4ccccc4ccc32)c2ccccc12.O=P(c1ccccc1)(c1ccccc1)c1cc2c(ccc3c4ccccc4ccc32)c2ccccc12.OC([CH-]C(O)C(F)(F)F)C(F)(F)F.[Eu]. The van der Waals surface area contributed by atoms with E-state index < -0.39 is 45.3 Å². The van der Waals surface area contributed by atoms with E-state index in [1.165, 1.54) is 53.9 Å². The third-order valence-electron chi connectivity index (χ3n) is 15.7. The van der Waals surface area contributed by atoms with Crippen LogP contribution in [-0.2, 0) is 9.13 Å². The molecule has 13 heteroatoms. The number of fused-ring (bicyclic) bond motifs is 14. The molecule has 0 bridgehead atoms. The van der Waals surface area contributed by atoms with E-state index in [9.17, 15) is 26.3 Å². The first-order valence-electron chi connectivity index (χ1n) is 27.4. The van der Waals surface area contributed by atoms with Crippen LogP contribution in [0, 0.1) is 55.8 Å². The minimum Gasteiger partial charge on any atom is -0.416 e. The van der Waals surface area contributed by atoms with Gasteiger partial charge in [0.15, 0.2) is 14.3 Å². The van der Waals surface area contributed by atoms with Gasteiger partial charge in [-0.3, -0.25) is 6.42 Å². The van der Waals surface area contributed by atoms with Gasteiger partial charge in [0.25, 0.3) is 0 Å². The van der Waals surface area contributed by atoms with Gasteiger partial charge in [-0.2, -0.15) is 26.3 Å².